The number of esters is 1. The van der Waals surface area contributed by atoms with E-state index in [2.05, 4.69) is 14.6 Å². The zero-order valence-corrected chi connectivity index (χ0v) is 13.1. The third-order valence-corrected chi connectivity index (χ3v) is 5.16. The number of anilines is 2. The van der Waals surface area contributed by atoms with E-state index in [0.717, 1.165) is 18.0 Å². The normalized spacial score (nSPS) is 25.6. The number of nitrogens with one attached hydrogen (secondary N) is 1. The number of hydrogen-bond acceptors (Lipinski definition) is 7. The predicted octanol–water partition coefficient (Wildman–Crippen LogP) is 1.94. The van der Waals surface area contributed by atoms with Crippen LogP contribution in [0.3, 0.4) is 0 Å². The van der Waals surface area contributed by atoms with Gasteiger partial charge in [0, 0.05) is 18.6 Å². The molecule has 2 aliphatic heterocycles. The SMILES string of the molecule is CCOC(=O)c1c(N)nsc1NC1CCN2CCCCC12. The number of nitrogen functional groups attached to an aromatic ring is 1. The molecule has 0 bridgehead atoms. The first kappa shape index (κ1) is 14.6. The number of aromatic nitrogens is 1. The second kappa shape index (κ2) is 6.19. The largest absolute Gasteiger partial charge is 0.462 e. The van der Waals surface area contributed by atoms with Crippen LogP contribution in [0.25, 0.3) is 0 Å². The summed E-state index contributed by atoms with van der Waals surface area (Å²) in [6.45, 7) is 4.45. The Morgan fingerprint density at radius 3 is 3.14 bits per heavy atom. The van der Waals surface area contributed by atoms with Gasteiger partial charge in [0.2, 0.25) is 0 Å². The van der Waals surface area contributed by atoms with Crippen molar-refractivity contribution in [2.45, 2.75) is 44.7 Å². The molecule has 0 aliphatic carbocycles. The van der Waals surface area contributed by atoms with Gasteiger partial charge in [-0.05, 0) is 44.3 Å². The van der Waals surface area contributed by atoms with E-state index >= 15 is 0 Å². The fourth-order valence-corrected chi connectivity index (χ4v) is 4.15. The molecule has 1 aromatic rings. The van der Waals surface area contributed by atoms with Crippen molar-refractivity contribution in [1.82, 2.24) is 9.27 Å². The molecule has 0 amide bonds. The van der Waals surface area contributed by atoms with Crippen molar-refractivity contribution in [1.29, 1.82) is 0 Å². The van der Waals surface area contributed by atoms with Gasteiger partial charge < -0.3 is 15.8 Å². The molecule has 3 heterocycles. The van der Waals surface area contributed by atoms with Crippen molar-refractivity contribution in [3.05, 3.63) is 5.56 Å². The highest BCUT2D eigenvalue weighted by molar-refractivity contribution is 7.11. The van der Waals surface area contributed by atoms with Crippen LogP contribution < -0.4 is 11.1 Å². The van der Waals surface area contributed by atoms with Crippen LogP contribution in [0.2, 0.25) is 0 Å². The van der Waals surface area contributed by atoms with Gasteiger partial charge in [-0.15, -0.1) is 0 Å². The summed E-state index contributed by atoms with van der Waals surface area (Å²) >= 11 is 1.25. The van der Waals surface area contributed by atoms with Crippen molar-refractivity contribution in [2.75, 3.05) is 30.7 Å². The molecule has 116 valence electrons. The van der Waals surface area contributed by atoms with Crippen LogP contribution in [-0.4, -0.2) is 47.0 Å². The zero-order chi connectivity index (χ0) is 14.8. The minimum absolute atomic E-state index is 0.263. The van der Waals surface area contributed by atoms with Gasteiger partial charge >= 0.3 is 5.97 Å². The second-order valence-corrected chi connectivity index (χ2v) is 6.40. The van der Waals surface area contributed by atoms with Crippen LogP contribution in [0.1, 0.15) is 43.0 Å². The van der Waals surface area contributed by atoms with Gasteiger partial charge in [-0.3, -0.25) is 4.90 Å². The Bertz CT molecular complexity index is 519. The van der Waals surface area contributed by atoms with Crippen LogP contribution in [-0.2, 0) is 4.74 Å². The maximum absolute atomic E-state index is 12.0. The van der Waals surface area contributed by atoms with Gasteiger partial charge in [-0.25, -0.2) is 4.79 Å². The van der Waals surface area contributed by atoms with Crippen molar-refractivity contribution in [2.24, 2.45) is 0 Å². The Labute approximate surface area is 128 Å². The molecule has 1 aromatic heterocycles. The zero-order valence-electron chi connectivity index (χ0n) is 12.3. The Balaban J connectivity index is 1.74. The number of ether oxygens (including phenoxy) is 1. The summed E-state index contributed by atoms with van der Waals surface area (Å²) in [6, 6.07) is 0.940. The topological polar surface area (TPSA) is 80.5 Å². The highest BCUT2D eigenvalue weighted by atomic mass is 32.1. The summed E-state index contributed by atoms with van der Waals surface area (Å²) in [6.07, 6.45) is 4.91. The van der Waals surface area contributed by atoms with E-state index in [4.69, 9.17) is 10.5 Å². The van der Waals surface area contributed by atoms with E-state index in [9.17, 15) is 4.79 Å². The monoisotopic (exact) mass is 310 g/mol. The molecule has 2 saturated heterocycles. The maximum Gasteiger partial charge on any atom is 0.344 e. The fraction of sp³-hybridized carbons (Fsp3) is 0.714. The summed E-state index contributed by atoms with van der Waals surface area (Å²) in [5, 5.41) is 4.26. The van der Waals surface area contributed by atoms with Crippen LogP contribution in [0, 0.1) is 0 Å². The van der Waals surface area contributed by atoms with E-state index in [-0.39, 0.29) is 11.8 Å². The van der Waals surface area contributed by atoms with Crippen molar-refractivity contribution in [3.63, 3.8) is 0 Å². The molecule has 0 radical (unpaired) electrons. The highest BCUT2D eigenvalue weighted by Gasteiger charge is 2.36. The standard InChI is InChI=1S/C14H22N4O2S/c1-2-20-14(19)11-12(15)17-21-13(11)16-9-6-8-18-7-4-3-5-10(9)18/h9-10,16H,2-8H2,1H3,(H2,15,17). The molecule has 6 nitrogen and oxygen atoms in total. The Morgan fingerprint density at radius 1 is 1.48 bits per heavy atom. The summed E-state index contributed by atoms with van der Waals surface area (Å²) in [4.78, 5) is 14.6. The molecule has 0 aromatic carbocycles. The molecule has 21 heavy (non-hydrogen) atoms. The lowest BCUT2D eigenvalue weighted by Gasteiger charge is -2.32. The average Bonchev–Trinajstić information content (AvgIpc) is 3.04. The van der Waals surface area contributed by atoms with E-state index in [1.54, 1.807) is 6.92 Å². The van der Waals surface area contributed by atoms with E-state index in [1.165, 1.54) is 37.3 Å². The van der Waals surface area contributed by atoms with Crippen molar-refractivity contribution < 1.29 is 9.53 Å². The first-order valence-electron chi connectivity index (χ1n) is 7.63. The highest BCUT2D eigenvalue weighted by Crippen LogP contribution is 2.33. The number of piperidine rings is 1. The lowest BCUT2D eigenvalue weighted by atomic mass is 9.99. The predicted molar refractivity (Wildman–Crippen MR) is 83.7 cm³/mol. The number of nitrogens with zero attached hydrogens (tertiary/aromatic N) is 2. The minimum atomic E-state index is -0.384. The number of carbonyl (C=O) groups is 1. The van der Waals surface area contributed by atoms with E-state index in [0.29, 0.717) is 24.3 Å². The summed E-state index contributed by atoms with van der Waals surface area (Å²) in [5.41, 5.74) is 6.23. The van der Waals surface area contributed by atoms with Gasteiger partial charge in [0.15, 0.2) is 5.82 Å². The summed E-state index contributed by atoms with van der Waals surface area (Å²) < 4.78 is 9.18. The third-order valence-electron chi connectivity index (χ3n) is 4.37. The number of hydrogen-bond donors (Lipinski definition) is 2. The molecule has 0 spiro atoms. The maximum atomic E-state index is 12.0. The smallest absolute Gasteiger partial charge is 0.344 e. The molecule has 2 aliphatic rings. The quantitative estimate of drug-likeness (QED) is 0.827. The lowest BCUT2D eigenvalue weighted by Crippen LogP contribution is -2.41. The fourth-order valence-electron chi connectivity index (χ4n) is 3.39. The van der Waals surface area contributed by atoms with Crippen molar-refractivity contribution in [3.8, 4) is 0 Å². The molecule has 3 rings (SSSR count). The number of fused-ring (bicyclic) bond motifs is 1. The molecule has 0 saturated carbocycles. The van der Waals surface area contributed by atoms with Gasteiger partial charge in [-0.2, -0.15) is 4.37 Å². The summed E-state index contributed by atoms with van der Waals surface area (Å²) in [5.74, 6) is -0.121. The second-order valence-electron chi connectivity index (χ2n) is 5.63. The van der Waals surface area contributed by atoms with Gasteiger partial charge in [0.1, 0.15) is 10.6 Å². The first-order chi connectivity index (χ1) is 10.2. The number of nitrogens with two attached hydrogens (primary N) is 1. The molecule has 7 heteroatoms. The van der Waals surface area contributed by atoms with E-state index < -0.39 is 0 Å². The Morgan fingerprint density at radius 2 is 2.33 bits per heavy atom. The third kappa shape index (κ3) is 2.85. The Kier molecular flexibility index (Phi) is 4.30. The first-order valence-corrected chi connectivity index (χ1v) is 8.41. The lowest BCUT2D eigenvalue weighted by molar-refractivity contribution is 0.0529. The average molecular weight is 310 g/mol. The molecule has 2 atom stereocenters. The van der Waals surface area contributed by atoms with E-state index in [1.807, 2.05) is 0 Å². The van der Waals surface area contributed by atoms with Gasteiger partial charge in [-0.1, -0.05) is 6.42 Å². The van der Waals surface area contributed by atoms with Crippen LogP contribution in [0.5, 0.6) is 0 Å². The molecule has 3 N–H and O–H groups in total. The number of rotatable bonds is 4. The summed E-state index contributed by atoms with van der Waals surface area (Å²) in [7, 11) is 0. The molecule has 2 unspecified atom stereocenters. The van der Waals surface area contributed by atoms with Crippen molar-refractivity contribution >= 4 is 28.3 Å². The van der Waals surface area contributed by atoms with Gasteiger partial charge in [0.25, 0.3) is 0 Å². The Hall–Kier alpha value is -1.34. The molecule has 2 fully saturated rings. The van der Waals surface area contributed by atoms with Crippen LogP contribution in [0.15, 0.2) is 0 Å². The van der Waals surface area contributed by atoms with Gasteiger partial charge in [0.05, 0.1) is 6.61 Å². The van der Waals surface area contributed by atoms with Crippen LogP contribution in [0.4, 0.5) is 10.8 Å². The molecular formula is C14H22N4O2S. The molecular weight excluding hydrogens is 288 g/mol. The number of carbonyl (C=O) groups excluding carboxylic acids is 1. The minimum Gasteiger partial charge on any atom is -0.462 e. The van der Waals surface area contributed by atoms with Crippen LogP contribution >= 0.6 is 11.5 Å².